The smallest absolute Gasteiger partial charge is 0.305 e. The molecule has 0 unspecified atom stereocenters. The molecule has 22 heavy (non-hydrogen) atoms. The van der Waals surface area contributed by atoms with Gasteiger partial charge in [-0.1, -0.05) is 0 Å². The lowest BCUT2D eigenvalue weighted by Gasteiger charge is -2.25. The molecule has 0 bridgehead atoms. The predicted octanol–water partition coefficient (Wildman–Crippen LogP) is 3.37. The maximum absolute atomic E-state index is 12.6. The van der Waals surface area contributed by atoms with E-state index in [1.165, 1.54) is 4.90 Å². The lowest BCUT2D eigenvalue weighted by atomic mass is 10.1. The Morgan fingerprint density at radius 3 is 2.41 bits per heavy atom. The number of amides is 1. The summed E-state index contributed by atoms with van der Waals surface area (Å²) in [6.45, 7) is 7.89. The predicted molar refractivity (Wildman–Crippen MR) is 84.1 cm³/mol. The summed E-state index contributed by atoms with van der Waals surface area (Å²) in [6, 6.07) is 5.53. The number of hydrogen-bond donors (Lipinski definition) is 1. The van der Waals surface area contributed by atoms with E-state index in [1.54, 1.807) is 6.07 Å². The number of benzene rings is 1. The third kappa shape index (κ3) is 3.30. The van der Waals surface area contributed by atoms with Crippen molar-refractivity contribution in [2.24, 2.45) is 0 Å². The van der Waals surface area contributed by atoms with Crippen molar-refractivity contribution in [3.05, 3.63) is 35.1 Å². The minimum atomic E-state index is -0.922. The highest BCUT2D eigenvalue weighted by atomic mass is 16.4. The standard InChI is InChI=1S/C17H21NO4/c1-10(2)18(6-5-16(19)20)17(21)15-9-13-7-11(3)12(4)8-14(13)22-15/h7-10H,5-6H2,1-4H3,(H,19,20). The highest BCUT2D eigenvalue weighted by Gasteiger charge is 2.23. The van der Waals surface area contributed by atoms with Gasteiger partial charge in [0.2, 0.25) is 0 Å². The van der Waals surface area contributed by atoms with Gasteiger partial charge < -0.3 is 14.4 Å². The summed E-state index contributed by atoms with van der Waals surface area (Å²) in [5.74, 6) is -0.948. The summed E-state index contributed by atoms with van der Waals surface area (Å²) in [6.07, 6.45) is -0.0810. The molecule has 0 aliphatic rings. The Bertz CT molecular complexity index is 676. The second-order valence-corrected chi connectivity index (χ2v) is 5.82. The number of carbonyl (C=O) groups is 2. The first kappa shape index (κ1) is 16.1. The van der Waals surface area contributed by atoms with E-state index in [-0.39, 0.29) is 30.7 Å². The average molecular weight is 303 g/mol. The van der Waals surface area contributed by atoms with Crippen LogP contribution in [-0.4, -0.2) is 34.5 Å². The number of carbonyl (C=O) groups excluding carboxylic acids is 1. The lowest BCUT2D eigenvalue weighted by molar-refractivity contribution is -0.137. The van der Waals surface area contributed by atoms with Crippen LogP contribution in [0.4, 0.5) is 0 Å². The van der Waals surface area contributed by atoms with Crippen LogP contribution in [0, 0.1) is 13.8 Å². The number of fused-ring (bicyclic) bond motifs is 1. The van der Waals surface area contributed by atoms with Crippen LogP contribution in [0.5, 0.6) is 0 Å². The second-order valence-electron chi connectivity index (χ2n) is 5.82. The summed E-state index contributed by atoms with van der Waals surface area (Å²) in [5.41, 5.74) is 2.92. The third-order valence-corrected chi connectivity index (χ3v) is 3.79. The number of carboxylic acids is 1. The van der Waals surface area contributed by atoms with Crippen molar-refractivity contribution in [1.29, 1.82) is 0 Å². The van der Waals surface area contributed by atoms with Crippen LogP contribution in [0.2, 0.25) is 0 Å². The van der Waals surface area contributed by atoms with E-state index in [9.17, 15) is 9.59 Å². The molecule has 1 aromatic carbocycles. The van der Waals surface area contributed by atoms with E-state index in [1.807, 2.05) is 39.8 Å². The molecule has 5 heteroatoms. The molecule has 2 rings (SSSR count). The van der Waals surface area contributed by atoms with E-state index in [2.05, 4.69) is 0 Å². The fourth-order valence-electron chi connectivity index (χ4n) is 2.36. The van der Waals surface area contributed by atoms with Gasteiger partial charge in [0.25, 0.3) is 5.91 Å². The third-order valence-electron chi connectivity index (χ3n) is 3.79. The topological polar surface area (TPSA) is 70.8 Å². The Labute approximate surface area is 129 Å². The van der Waals surface area contributed by atoms with Crippen molar-refractivity contribution in [2.75, 3.05) is 6.54 Å². The monoisotopic (exact) mass is 303 g/mol. The van der Waals surface area contributed by atoms with Gasteiger partial charge in [0.05, 0.1) is 6.42 Å². The number of hydrogen-bond acceptors (Lipinski definition) is 3. The molecule has 0 aliphatic carbocycles. The molecule has 0 atom stereocenters. The molecule has 1 N–H and O–H groups in total. The number of rotatable bonds is 5. The van der Waals surface area contributed by atoms with Gasteiger partial charge >= 0.3 is 5.97 Å². The Morgan fingerprint density at radius 2 is 1.82 bits per heavy atom. The zero-order valence-electron chi connectivity index (χ0n) is 13.3. The fourth-order valence-corrected chi connectivity index (χ4v) is 2.36. The number of aliphatic carboxylic acids is 1. The van der Waals surface area contributed by atoms with Crippen LogP contribution >= 0.6 is 0 Å². The van der Waals surface area contributed by atoms with Gasteiger partial charge in [-0.15, -0.1) is 0 Å². The normalized spacial score (nSPS) is 11.1. The summed E-state index contributed by atoms with van der Waals surface area (Å²) >= 11 is 0. The maximum Gasteiger partial charge on any atom is 0.305 e. The SMILES string of the molecule is Cc1cc2cc(C(=O)N(CCC(=O)O)C(C)C)oc2cc1C. The summed E-state index contributed by atoms with van der Waals surface area (Å²) in [4.78, 5) is 24.8. The maximum atomic E-state index is 12.6. The van der Waals surface area contributed by atoms with Gasteiger partial charge in [0.15, 0.2) is 5.76 Å². The zero-order valence-corrected chi connectivity index (χ0v) is 13.3. The van der Waals surface area contributed by atoms with E-state index < -0.39 is 5.97 Å². The highest BCUT2D eigenvalue weighted by molar-refractivity contribution is 5.96. The molecule has 0 saturated carbocycles. The fraction of sp³-hybridized carbons (Fsp3) is 0.412. The molecule has 1 aromatic heterocycles. The lowest BCUT2D eigenvalue weighted by Crippen LogP contribution is -2.38. The number of nitrogens with zero attached hydrogens (tertiary/aromatic N) is 1. The van der Waals surface area contributed by atoms with Gasteiger partial charge in [0, 0.05) is 18.0 Å². The minimum absolute atomic E-state index is 0.0810. The molecule has 0 saturated heterocycles. The molecule has 1 heterocycles. The molecule has 0 radical (unpaired) electrons. The van der Waals surface area contributed by atoms with Crippen molar-refractivity contribution in [2.45, 2.75) is 40.2 Å². The van der Waals surface area contributed by atoms with Gasteiger partial charge in [-0.2, -0.15) is 0 Å². The van der Waals surface area contributed by atoms with Crippen molar-refractivity contribution < 1.29 is 19.1 Å². The van der Waals surface area contributed by atoms with Gasteiger partial charge in [-0.3, -0.25) is 9.59 Å². The van der Waals surface area contributed by atoms with E-state index in [0.29, 0.717) is 5.58 Å². The average Bonchev–Trinajstić information content (AvgIpc) is 2.81. The van der Waals surface area contributed by atoms with Crippen LogP contribution in [0.3, 0.4) is 0 Å². The number of carboxylic acid groups (broad SMARTS) is 1. The number of aryl methyl sites for hydroxylation is 2. The molecule has 0 aliphatic heterocycles. The van der Waals surface area contributed by atoms with Gasteiger partial charge in [0.1, 0.15) is 5.58 Å². The first-order valence-electron chi connectivity index (χ1n) is 7.33. The summed E-state index contributed by atoms with van der Waals surface area (Å²) in [5, 5.41) is 9.69. The van der Waals surface area contributed by atoms with Crippen LogP contribution in [0.15, 0.2) is 22.6 Å². The van der Waals surface area contributed by atoms with Crippen LogP contribution in [0.1, 0.15) is 41.9 Å². The van der Waals surface area contributed by atoms with Crippen molar-refractivity contribution in [3.63, 3.8) is 0 Å². The minimum Gasteiger partial charge on any atom is -0.481 e. The van der Waals surface area contributed by atoms with Gasteiger partial charge in [-0.05, 0) is 57.0 Å². The second kappa shape index (κ2) is 6.22. The van der Waals surface area contributed by atoms with Crippen molar-refractivity contribution >= 4 is 22.8 Å². The van der Waals surface area contributed by atoms with Crippen LogP contribution in [0.25, 0.3) is 11.0 Å². The molecule has 2 aromatic rings. The van der Waals surface area contributed by atoms with Crippen molar-refractivity contribution in [1.82, 2.24) is 4.90 Å². The quantitative estimate of drug-likeness (QED) is 0.919. The Kier molecular flexibility index (Phi) is 4.54. The molecule has 5 nitrogen and oxygen atoms in total. The highest BCUT2D eigenvalue weighted by Crippen LogP contribution is 2.24. The Hall–Kier alpha value is -2.30. The van der Waals surface area contributed by atoms with Crippen molar-refractivity contribution in [3.8, 4) is 0 Å². The van der Waals surface area contributed by atoms with Gasteiger partial charge in [-0.25, -0.2) is 0 Å². The molecule has 118 valence electrons. The first-order valence-corrected chi connectivity index (χ1v) is 7.33. The van der Waals surface area contributed by atoms with Crippen LogP contribution < -0.4 is 0 Å². The molecular weight excluding hydrogens is 282 g/mol. The largest absolute Gasteiger partial charge is 0.481 e. The first-order chi connectivity index (χ1) is 10.3. The molecule has 0 fully saturated rings. The number of furan rings is 1. The van der Waals surface area contributed by atoms with E-state index in [4.69, 9.17) is 9.52 Å². The Morgan fingerprint density at radius 1 is 1.18 bits per heavy atom. The zero-order chi connectivity index (χ0) is 16.4. The summed E-state index contributed by atoms with van der Waals surface area (Å²) < 4.78 is 5.66. The van der Waals surface area contributed by atoms with E-state index in [0.717, 1.165) is 16.5 Å². The summed E-state index contributed by atoms with van der Waals surface area (Å²) in [7, 11) is 0. The van der Waals surface area contributed by atoms with Crippen LogP contribution in [-0.2, 0) is 4.79 Å². The van der Waals surface area contributed by atoms with E-state index >= 15 is 0 Å². The molecule has 0 spiro atoms. The molecular formula is C17H21NO4. The molecule has 1 amide bonds. The Balaban J connectivity index is 2.32.